The van der Waals surface area contributed by atoms with Crippen LogP contribution in [0.2, 0.25) is 0 Å². The Kier molecular flexibility index (Phi) is 3.34. The highest BCUT2D eigenvalue weighted by atomic mass is 32.1. The van der Waals surface area contributed by atoms with E-state index in [4.69, 9.17) is 0 Å². The highest BCUT2D eigenvalue weighted by molar-refractivity contribution is 7.14. The van der Waals surface area contributed by atoms with Crippen LogP contribution in [0.4, 0.5) is 24.3 Å². The molecule has 0 saturated carbocycles. The quantitative estimate of drug-likeness (QED) is 0.843. The van der Waals surface area contributed by atoms with Crippen molar-refractivity contribution < 1.29 is 13.6 Å². The largest absolute Gasteiger partial charge is 0.324 e. The van der Waals surface area contributed by atoms with Gasteiger partial charge in [0.1, 0.15) is 17.3 Å². The number of halogens is 2. The van der Waals surface area contributed by atoms with E-state index in [1.807, 2.05) is 0 Å². The number of anilines is 2. The lowest BCUT2D eigenvalue weighted by molar-refractivity contribution is 0.262. The van der Waals surface area contributed by atoms with Gasteiger partial charge in [-0.15, -0.1) is 11.3 Å². The zero-order chi connectivity index (χ0) is 12.3. The average molecular weight is 254 g/mol. The number of carbonyl (C=O) groups is 1. The minimum atomic E-state index is -0.814. The van der Waals surface area contributed by atoms with E-state index in [2.05, 4.69) is 10.6 Å². The standard InChI is InChI=1S/C11H8F2N2OS/c12-7-3-1-4-8(13)10(7)15-11(16)14-9-5-2-6-17-9/h1-6H,(H2,14,15,16). The van der Waals surface area contributed by atoms with Crippen molar-refractivity contribution in [2.45, 2.75) is 0 Å². The summed E-state index contributed by atoms with van der Waals surface area (Å²) < 4.78 is 26.4. The smallest absolute Gasteiger partial charge is 0.303 e. The van der Waals surface area contributed by atoms with Gasteiger partial charge < -0.3 is 5.32 Å². The summed E-state index contributed by atoms with van der Waals surface area (Å²) in [6, 6.07) is 6.13. The number of urea groups is 1. The fourth-order valence-corrected chi connectivity index (χ4v) is 1.84. The Bertz CT molecular complexity index is 508. The van der Waals surface area contributed by atoms with Crippen LogP contribution in [0.5, 0.6) is 0 Å². The first-order valence-corrected chi connectivity index (χ1v) is 5.60. The Balaban J connectivity index is 2.08. The molecule has 0 radical (unpaired) electrons. The fourth-order valence-electron chi connectivity index (χ4n) is 1.22. The maximum absolute atomic E-state index is 13.2. The average Bonchev–Trinajstić information content (AvgIpc) is 2.76. The lowest BCUT2D eigenvalue weighted by atomic mass is 10.3. The molecule has 2 N–H and O–H groups in total. The monoisotopic (exact) mass is 254 g/mol. The Morgan fingerprint density at radius 2 is 1.76 bits per heavy atom. The van der Waals surface area contributed by atoms with E-state index in [9.17, 15) is 13.6 Å². The van der Waals surface area contributed by atoms with Gasteiger partial charge in [0, 0.05) is 0 Å². The van der Waals surface area contributed by atoms with Crippen LogP contribution in [0, 0.1) is 11.6 Å². The highest BCUT2D eigenvalue weighted by Crippen LogP contribution is 2.19. The first kappa shape index (κ1) is 11.5. The normalized spacial score (nSPS) is 10.0. The third-order valence-corrected chi connectivity index (χ3v) is 2.74. The van der Waals surface area contributed by atoms with E-state index in [1.54, 1.807) is 17.5 Å². The van der Waals surface area contributed by atoms with Crippen molar-refractivity contribution in [1.82, 2.24) is 0 Å². The Morgan fingerprint density at radius 1 is 1.06 bits per heavy atom. The molecule has 0 saturated heterocycles. The molecule has 0 bridgehead atoms. The van der Waals surface area contributed by atoms with Crippen LogP contribution in [0.25, 0.3) is 0 Å². The van der Waals surface area contributed by atoms with Crippen LogP contribution in [0.15, 0.2) is 35.7 Å². The summed E-state index contributed by atoms with van der Waals surface area (Å²) in [5.41, 5.74) is -0.457. The van der Waals surface area contributed by atoms with Crippen molar-refractivity contribution in [2.75, 3.05) is 10.6 Å². The second-order valence-electron chi connectivity index (χ2n) is 3.15. The predicted octanol–water partition coefficient (Wildman–Crippen LogP) is 3.67. The molecule has 0 fully saturated rings. The van der Waals surface area contributed by atoms with Crippen molar-refractivity contribution >= 4 is 28.1 Å². The van der Waals surface area contributed by atoms with Crippen molar-refractivity contribution in [3.05, 3.63) is 47.3 Å². The number of hydrogen-bond donors (Lipinski definition) is 2. The minimum absolute atomic E-state index is 0.457. The van der Waals surface area contributed by atoms with Gasteiger partial charge in [-0.2, -0.15) is 0 Å². The van der Waals surface area contributed by atoms with Gasteiger partial charge in [-0.1, -0.05) is 6.07 Å². The second kappa shape index (κ2) is 4.92. The van der Waals surface area contributed by atoms with Gasteiger partial charge in [0.25, 0.3) is 0 Å². The molecule has 6 heteroatoms. The lowest BCUT2D eigenvalue weighted by Gasteiger charge is -2.07. The van der Waals surface area contributed by atoms with Crippen LogP contribution in [0.3, 0.4) is 0 Å². The zero-order valence-corrected chi connectivity index (χ0v) is 9.35. The molecule has 0 aliphatic heterocycles. The van der Waals surface area contributed by atoms with Gasteiger partial charge in [-0.25, -0.2) is 13.6 Å². The lowest BCUT2D eigenvalue weighted by Crippen LogP contribution is -2.20. The summed E-state index contributed by atoms with van der Waals surface area (Å²) in [6.07, 6.45) is 0. The molecule has 0 spiro atoms. The van der Waals surface area contributed by atoms with Gasteiger partial charge in [-0.3, -0.25) is 5.32 Å². The Hall–Kier alpha value is -1.95. The van der Waals surface area contributed by atoms with E-state index in [0.717, 1.165) is 12.1 Å². The van der Waals surface area contributed by atoms with Crippen LogP contribution in [-0.2, 0) is 0 Å². The molecule has 1 aromatic heterocycles. The van der Waals surface area contributed by atoms with Crippen LogP contribution in [-0.4, -0.2) is 6.03 Å². The van der Waals surface area contributed by atoms with E-state index in [-0.39, 0.29) is 0 Å². The second-order valence-corrected chi connectivity index (χ2v) is 4.10. The van der Waals surface area contributed by atoms with Crippen molar-refractivity contribution in [1.29, 1.82) is 0 Å². The molecule has 0 aliphatic rings. The predicted molar refractivity (Wildman–Crippen MR) is 63.3 cm³/mol. The third-order valence-electron chi connectivity index (χ3n) is 1.96. The number of carbonyl (C=O) groups excluding carboxylic acids is 1. The summed E-state index contributed by atoms with van der Waals surface area (Å²) >= 11 is 1.31. The number of rotatable bonds is 2. The first-order chi connectivity index (χ1) is 8.16. The van der Waals surface area contributed by atoms with Crippen molar-refractivity contribution in [2.24, 2.45) is 0 Å². The van der Waals surface area contributed by atoms with E-state index < -0.39 is 23.4 Å². The van der Waals surface area contributed by atoms with Crippen LogP contribution < -0.4 is 10.6 Å². The topological polar surface area (TPSA) is 41.1 Å². The molecule has 1 aromatic carbocycles. The zero-order valence-electron chi connectivity index (χ0n) is 8.54. The van der Waals surface area contributed by atoms with Crippen molar-refractivity contribution in [3.8, 4) is 0 Å². The van der Waals surface area contributed by atoms with E-state index in [1.165, 1.54) is 17.4 Å². The van der Waals surface area contributed by atoms with Crippen molar-refractivity contribution in [3.63, 3.8) is 0 Å². The van der Waals surface area contributed by atoms with Gasteiger partial charge in [0.15, 0.2) is 0 Å². The number of nitrogens with one attached hydrogen (secondary N) is 2. The maximum atomic E-state index is 13.2. The van der Waals surface area contributed by atoms with E-state index >= 15 is 0 Å². The molecule has 0 atom stereocenters. The Morgan fingerprint density at radius 3 is 2.35 bits per heavy atom. The number of thiophene rings is 1. The summed E-state index contributed by atoms with van der Waals surface area (Å²) in [4.78, 5) is 11.4. The number of benzene rings is 1. The molecule has 2 rings (SSSR count). The number of hydrogen-bond acceptors (Lipinski definition) is 2. The molecule has 88 valence electrons. The molecule has 2 amide bonds. The van der Waals surface area contributed by atoms with Crippen LogP contribution >= 0.6 is 11.3 Å². The van der Waals surface area contributed by atoms with Gasteiger partial charge in [0.2, 0.25) is 0 Å². The number of para-hydroxylation sites is 1. The molecular weight excluding hydrogens is 246 g/mol. The SMILES string of the molecule is O=C(Nc1cccs1)Nc1c(F)cccc1F. The summed E-state index contributed by atoms with van der Waals surface area (Å²) in [5.74, 6) is -1.63. The highest BCUT2D eigenvalue weighted by Gasteiger charge is 2.11. The molecule has 17 heavy (non-hydrogen) atoms. The fraction of sp³-hybridized carbons (Fsp3) is 0. The molecule has 0 unspecified atom stereocenters. The minimum Gasteiger partial charge on any atom is -0.303 e. The van der Waals surface area contributed by atoms with Gasteiger partial charge in [0.05, 0.1) is 5.00 Å². The molecule has 0 aliphatic carbocycles. The molecule has 3 nitrogen and oxygen atoms in total. The summed E-state index contributed by atoms with van der Waals surface area (Å²) in [7, 11) is 0. The van der Waals surface area contributed by atoms with Gasteiger partial charge in [-0.05, 0) is 29.6 Å². The summed E-state index contributed by atoms with van der Waals surface area (Å²) in [6.45, 7) is 0. The first-order valence-electron chi connectivity index (χ1n) is 4.72. The molecule has 2 aromatic rings. The Labute approximate surface area is 100 Å². The molecule has 1 heterocycles. The van der Waals surface area contributed by atoms with E-state index in [0.29, 0.717) is 5.00 Å². The van der Waals surface area contributed by atoms with Gasteiger partial charge >= 0.3 is 6.03 Å². The third kappa shape index (κ3) is 2.79. The number of amides is 2. The maximum Gasteiger partial charge on any atom is 0.324 e. The van der Waals surface area contributed by atoms with Crippen LogP contribution in [0.1, 0.15) is 0 Å². The summed E-state index contributed by atoms with van der Waals surface area (Å²) in [5, 5.41) is 6.96. The molecular formula is C11H8F2N2OS.